The number of H-pyrrole nitrogens is 1. The molecule has 3 aromatic rings. The van der Waals surface area contributed by atoms with Gasteiger partial charge in [-0.3, -0.25) is 15.3 Å². The van der Waals surface area contributed by atoms with Gasteiger partial charge in [0.15, 0.2) is 5.11 Å². The SMILES string of the molecule is C/C(=N\NC(=S)N(C)c1ccc(C(=O)O)cc1)c1c(C)[nH]n(-c2ccc(C)c(C)c2)c1=O. The molecular formula is C23H25N5O3S. The van der Waals surface area contributed by atoms with Crippen molar-refractivity contribution in [2.75, 3.05) is 11.9 Å². The van der Waals surface area contributed by atoms with Crippen molar-refractivity contribution >= 4 is 34.7 Å². The number of rotatable bonds is 5. The fourth-order valence-electron chi connectivity index (χ4n) is 3.23. The molecule has 0 amide bonds. The molecule has 3 rings (SSSR count). The Labute approximate surface area is 191 Å². The van der Waals surface area contributed by atoms with Crippen LogP contribution >= 0.6 is 12.2 Å². The molecule has 2 aromatic carbocycles. The van der Waals surface area contributed by atoms with E-state index in [0.29, 0.717) is 27.8 Å². The van der Waals surface area contributed by atoms with Crippen molar-refractivity contribution in [3.8, 4) is 5.69 Å². The maximum atomic E-state index is 13.0. The van der Waals surface area contributed by atoms with Crippen molar-refractivity contribution in [1.29, 1.82) is 0 Å². The number of nitrogens with one attached hydrogen (secondary N) is 2. The molecule has 1 aromatic heterocycles. The van der Waals surface area contributed by atoms with Gasteiger partial charge in [-0.2, -0.15) is 5.10 Å². The number of aryl methyl sites for hydroxylation is 3. The van der Waals surface area contributed by atoms with Gasteiger partial charge in [0.1, 0.15) is 0 Å². The van der Waals surface area contributed by atoms with Gasteiger partial charge in [0.2, 0.25) is 0 Å². The number of anilines is 1. The van der Waals surface area contributed by atoms with Crippen molar-refractivity contribution in [2.24, 2.45) is 5.10 Å². The fourth-order valence-corrected chi connectivity index (χ4v) is 3.38. The number of carboxylic acids is 1. The highest BCUT2D eigenvalue weighted by molar-refractivity contribution is 7.80. The second-order valence-electron chi connectivity index (χ2n) is 7.55. The van der Waals surface area contributed by atoms with Gasteiger partial charge in [0.05, 0.1) is 22.5 Å². The highest BCUT2D eigenvalue weighted by Gasteiger charge is 2.16. The number of nitrogens with zero attached hydrogens (tertiary/aromatic N) is 3. The molecule has 0 radical (unpaired) electrons. The van der Waals surface area contributed by atoms with Crippen LogP contribution in [0.2, 0.25) is 0 Å². The van der Waals surface area contributed by atoms with Gasteiger partial charge in [0, 0.05) is 18.4 Å². The topological polar surface area (TPSA) is 103 Å². The van der Waals surface area contributed by atoms with E-state index in [2.05, 4.69) is 15.6 Å². The smallest absolute Gasteiger partial charge is 0.335 e. The summed E-state index contributed by atoms with van der Waals surface area (Å²) >= 11 is 5.39. The molecule has 0 fully saturated rings. The quantitative estimate of drug-likeness (QED) is 0.312. The van der Waals surface area contributed by atoms with E-state index in [1.54, 1.807) is 31.0 Å². The van der Waals surface area contributed by atoms with E-state index in [1.807, 2.05) is 39.0 Å². The zero-order valence-electron chi connectivity index (χ0n) is 18.6. The Bertz CT molecular complexity index is 1270. The summed E-state index contributed by atoms with van der Waals surface area (Å²) in [6.07, 6.45) is 0. The average Bonchev–Trinajstić information content (AvgIpc) is 3.07. The van der Waals surface area contributed by atoms with Gasteiger partial charge in [-0.1, -0.05) is 6.07 Å². The number of hydrogen-bond acceptors (Lipinski definition) is 4. The van der Waals surface area contributed by atoms with E-state index in [1.165, 1.54) is 16.8 Å². The predicted octanol–water partition coefficient (Wildman–Crippen LogP) is 3.52. The van der Waals surface area contributed by atoms with E-state index >= 15 is 0 Å². The Morgan fingerprint density at radius 3 is 2.38 bits per heavy atom. The van der Waals surface area contributed by atoms with Crippen molar-refractivity contribution < 1.29 is 9.90 Å². The van der Waals surface area contributed by atoms with E-state index in [9.17, 15) is 9.59 Å². The minimum atomic E-state index is -0.992. The first-order chi connectivity index (χ1) is 15.1. The number of aromatic amines is 1. The zero-order chi connectivity index (χ0) is 23.6. The molecule has 0 spiro atoms. The molecule has 0 saturated heterocycles. The van der Waals surface area contributed by atoms with Crippen molar-refractivity contribution in [2.45, 2.75) is 27.7 Å². The Balaban J connectivity index is 1.80. The lowest BCUT2D eigenvalue weighted by atomic mass is 10.1. The van der Waals surface area contributed by atoms with Crippen LogP contribution in [0.25, 0.3) is 5.69 Å². The number of thiocarbonyl (C=S) groups is 1. The Morgan fingerprint density at radius 2 is 1.78 bits per heavy atom. The fraction of sp³-hybridized carbons (Fsp3) is 0.217. The van der Waals surface area contributed by atoms with Gasteiger partial charge in [-0.25, -0.2) is 9.48 Å². The van der Waals surface area contributed by atoms with Gasteiger partial charge in [0.25, 0.3) is 5.56 Å². The van der Waals surface area contributed by atoms with Crippen molar-refractivity contribution in [1.82, 2.24) is 15.2 Å². The molecule has 8 nitrogen and oxygen atoms in total. The number of hydrogen-bond donors (Lipinski definition) is 3. The highest BCUT2D eigenvalue weighted by atomic mass is 32.1. The van der Waals surface area contributed by atoms with Gasteiger partial charge in [-0.15, -0.1) is 0 Å². The maximum absolute atomic E-state index is 13.0. The molecule has 166 valence electrons. The molecule has 0 aliphatic rings. The first kappa shape index (κ1) is 23.0. The highest BCUT2D eigenvalue weighted by Crippen LogP contribution is 2.15. The van der Waals surface area contributed by atoms with Crippen LogP contribution in [0.15, 0.2) is 52.4 Å². The maximum Gasteiger partial charge on any atom is 0.335 e. The molecule has 0 atom stereocenters. The molecule has 0 unspecified atom stereocenters. The second kappa shape index (κ2) is 9.19. The van der Waals surface area contributed by atoms with Crippen molar-refractivity contribution in [3.63, 3.8) is 0 Å². The number of aromatic carboxylic acids is 1. The molecule has 0 aliphatic carbocycles. The Kier molecular flexibility index (Phi) is 6.59. The zero-order valence-corrected chi connectivity index (χ0v) is 19.4. The lowest BCUT2D eigenvalue weighted by molar-refractivity contribution is 0.0697. The first-order valence-electron chi connectivity index (χ1n) is 9.91. The number of carboxylic acid groups (broad SMARTS) is 1. The molecule has 9 heteroatoms. The van der Waals surface area contributed by atoms with E-state index in [0.717, 1.165) is 16.8 Å². The summed E-state index contributed by atoms with van der Waals surface area (Å²) in [6.45, 7) is 7.58. The lowest BCUT2D eigenvalue weighted by Gasteiger charge is -2.19. The minimum absolute atomic E-state index is 0.192. The van der Waals surface area contributed by atoms with Crippen LogP contribution in [-0.4, -0.2) is 38.7 Å². The molecule has 3 N–H and O–H groups in total. The van der Waals surface area contributed by atoms with Crippen LogP contribution in [0.1, 0.15) is 39.7 Å². The van der Waals surface area contributed by atoms with Crippen LogP contribution in [0.4, 0.5) is 5.69 Å². The normalized spacial score (nSPS) is 11.3. The standard InChI is InChI=1S/C23H25N5O3S/c1-13-6-9-19(12-14(13)2)28-21(29)20(16(4)26-28)15(3)24-25-23(32)27(5)18-10-7-17(8-11-18)22(30)31/h6-12,26H,1-5H3,(H,25,32)(H,30,31)/b24-15+. The summed E-state index contributed by atoms with van der Waals surface area (Å²) in [7, 11) is 1.74. The summed E-state index contributed by atoms with van der Waals surface area (Å²) in [4.78, 5) is 25.7. The molecule has 0 bridgehead atoms. The summed E-state index contributed by atoms with van der Waals surface area (Å²) < 4.78 is 1.50. The van der Waals surface area contributed by atoms with E-state index in [4.69, 9.17) is 17.3 Å². The molecule has 0 aliphatic heterocycles. The number of aromatic nitrogens is 2. The minimum Gasteiger partial charge on any atom is -0.478 e. The third kappa shape index (κ3) is 4.62. The molecule has 1 heterocycles. The Morgan fingerprint density at radius 1 is 1.12 bits per heavy atom. The summed E-state index contributed by atoms with van der Waals surface area (Å²) in [5.74, 6) is -0.992. The summed E-state index contributed by atoms with van der Waals surface area (Å²) in [5.41, 5.74) is 8.16. The Hall–Kier alpha value is -3.72. The summed E-state index contributed by atoms with van der Waals surface area (Å²) in [5, 5.41) is 16.7. The molecule has 0 saturated carbocycles. The van der Waals surface area contributed by atoms with E-state index < -0.39 is 5.97 Å². The van der Waals surface area contributed by atoms with Gasteiger partial charge < -0.3 is 10.0 Å². The first-order valence-corrected chi connectivity index (χ1v) is 10.3. The predicted molar refractivity (Wildman–Crippen MR) is 130 cm³/mol. The average molecular weight is 452 g/mol. The van der Waals surface area contributed by atoms with Gasteiger partial charge >= 0.3 is 5.97 Å². The number of carbonyl (C=O) groups is 1. The molecular weight excluding hydrogens is 426 g/mol. The lowest BCUT2D eigenvalue weighted by Crippen LogP contribution is -2.35. The number of hydrazone groups is 1. The third-order valence-electron chi connectivity index (χ3n) is 5.31. The van der Waals surface area contributed by atoms with Crippen LogP contribution < -0.4 is 15.9 Å². The van der Waals surface area contributed by atoms with Crippen LogP contribution in [0.3, 0.4) is 0 Å². The van der Waals surface area contributed by atoms with Crippen LogP contribution in [0, 0.1) is 20.8 Å². The van der Waals surface area contributed by atoms with E-state index in [-0.39, 0.29) is 11.1 Å². The molecule has 32 heavy (non-hydrogen) atoms. The number of benzene rings is 2. The third-order valence-corrected chi connectivity index (χ3v) is 5.67. The second-order valence-corrected chi connectivity index (χ2v) is 7.93. The van der Waals surface area contributed by atoms with Gasteiger partial charge in [-0.05, 0) is 87.4 Å². The van der Waals surface area contributed by atoms with Crippen LogP contribution in [0.5, 0.6) is 0 Å². The van der Waals surface area contributed by atoms with Crippen LogP contribution in [-0.2, 0) is 0 Å². The largest absolute Gasteiger partial charge is 0.478 e. The monoisotopic (exact) mass is 451 g/mol. The summed E-state index contributed by atoms with van der Waals surface area (Å²) in [6, 6.07) is 12.2. The van der Waals surface area contributed by atoms with Crippen molar-refractivity contribution in [3.05, 3.63) is 80.8 Å².